The van der Waals surface area contributed by atoms with Crippen molar-refractivity contribution in [3.05, 3.63) is 23.8 Å². The predicted octanol–water partition coefficient (Wildman–Crippen LogP) is 2.04. The summed E-state index contributed by atoms with van der Waals surface area (Å²) in [5, 5.41) is 8.18. The van der Waals surface area contributed by atoms with Gasteiger partial charge >= 0.3 is 6.36 Å². The number of nitrogens with two attached hydrogens (primary N) is 1. The molecule has 0 saturated carbocycles. The molecule has 1 aromatic rings. The van der Waals surface area contributed by atoms with Gasteiger partial charge in [-0.15, -0.1) is 13.2 Å². The molecule has 0 atom stereocenters. The smallest absolute Gasteiger partial charge is 0.404 e. The number of halogens is 3. The van der Waals surface area contributed by atoms with Crippen LogP contribution in [0.15, 0.2) is 18.2 Å². The summed E-state index contributed by atoms with van der Waals surface area (Å²) in [6.45, 7) is 0. The van der Waals surface area contributed by atoms with Crippen LogP contribution in [-0.2, 0) is 0 Å². The highest BCUT2D eigenvalue weighted by molar-refractivity contribution is 5.57. The fourth-order valence-electron chi connectivity index (χ4n) is 0.925. The van der Waals surface area contributed by atoms with Crippen molar-refractivity contribution in [1.82, 2.24) is 0 Å². The minimum absolute atomic E-state index is 0.153. The molecule has 1 rings (SSSR count). The van der Waals surface area contributed by atoms with Crippen LogP contribution in [0.3, 0.4) is 0 Å². The van der Waals surface area contributed by atoms with Crippen molar-refractivity contribution in [2.24, 2.45) is 0 Å². The molecule has 0 aliphatic carbocycles. The van der Waals surface area contributed by atoms with Crippen LogP contribution in [0.2, 0.25) is 0 Å². The fourth-order valence-corrected chi connectivity index (χ4v) is 0.925. The third-order valence-corrected chi connectivity index (χ3v) is 1.50. The van der Waals surface area contributed by atoms with Crippen molar-refractivity contribution in [1.29, 1.82) is 5.26 Å². The second kappa shape index (κ2) is 4.45. The van der Waals surface area contributed by atoms with Gasteiger partial charge in [0.25, 0.3) is 0 Å². The summed E-state index contributed by atoms with van der Waals surface area (Å²) in [7, 11) is 0. The van der Waals surface area contributed by atoms with E-state index in [4.69, 9.17) is 11.0 Å². The molecule has 0 aromatic heterocycles. The Hall–Kier alpha value is -2.34. The molecule has 3 nitrogen and oxygen atoms in total. The predicted molar refractivity (Wildman–Crippen MR) is 50.0 cm³/mol. The second-order valence-electron chi connectivity index (χ2n) is 2.66. The molecular formula is C10H5F3N2O. The highest BCUT2D eigenvalue weighted by Gasteiger charge is 2.31. The van der Waals surface area contributed by atoms with Crippen LogP contribution >= 0.6 is 0 Å². The number of anilines is 1. The molecule has 0 unspecified atom stereocenters. The highest BCUT2D eigenvalue weighted by atomic mass is 19.4. The summed E-state index contributed by atoms with van der Waals surface area (Å²) >= 11 is 0. The van der Waals surface area contributed by atoms with Crippen molar-refractivity contribution in [3.63, 3.8) is 0 Å². The Morgan fingerprint density at radius 2 is 2.00 bits per heavy atom. The van der Waals surface area contributed by atoms with Crippen LogP contribution in [0.25, 0.3) is 0 Å². The van der Waals surface area contributed by atoms with E-state index in [1.54, 1.807) is 6.07 Å². The zero-order chi connectivity index (χ0) is 12.2. The molecule has 16 heavy (non-hydrogen) atoms. The first-order valence-corrected chi connectivity index (χ1v) is 3.98. The molecule has 0 amide bonds. The molecule has 0 radical (unpaired) electrons. The molecular weight excluding hydrogens is 221 g/mol. The Kier molecular flexibility index (Phi) is 3.27. The summed E-state index contributed by atoms with van der Waals surface area (Å²) < 4.78 is 39.5. The van der Waals surface area contributed by atoms with Crippen LogP contribution in [0.1, 0.15) is 5.56 Å². The van der Waals surface area contributed by atoms with Crippen molar-refractivity contribution >= 4 is 5.69 Å². The number of benzene rings is 1. The summed E-state index contributed by atoms with van der Waals surface area (Å²) in [6, 6.07) is 5.18. The fraction of sp³-hybridized carbons (Fsp3) is 0.100. The van der Waals surface area contributed by atoms with Crippen LogP contribution in [-0.4, -0.2) is 6.36 Å². The Morgan fingerprint density at radius 1 is 1.31 bits per heavy atom. The maximum Gasteiger partial charge on any atom is 0.573 e. The van der Waals surface area contributed by atoms with Crippen molar-refractivity contribution in [2.75, 3.05) is 5.73 Å². The lowest BCUT2D eigenvalue weighted by Gasteiger charge is -2.10. The third-order valence-electron chi connectivity index (χ3n) is 1.50. The van der Waals surface area contributed by atoms with E-state index >= 15 is 0 Å². The monoisotopic (exact) mass is 226 g/mol. The zero-order valence-corrected chi connectivity index (χ0v) is 7.80. The number of alkyl halides is 3. The number of nitrogens with zero attached hydrogens (tertiary/aromatic N) is 1. The first-order chi connectivity index (χ1) is 7.42. The Bertz CT molecular complexity index is 492. The number of nitrogen functional groups attached to an aromatic ring is 1. The lowest BCUT2D eigenvalue weighted by molar-refractivity contribution is -0.274. The molecule has 0 aliphatic heterocycles. The summed E-state index contributed by atoms with van der Waals surface area (Å²) in [4.78, 5) is 0. The van der Waals surface area contributed by atoms with Crippen molar-refractivity contribution in [2.45, 2.75) is 6.36 Å². The lowest BCUT2D eigenvalue weighted by Crippen LogP contribution is -2.18. The molecule has 6 heteroatoms. The van der Waals surface area contributed by atoms with Gasteiger partial charge < -0.3 is 10.5 Å². The first kappa shape index (κ1) is 11.7. The second-order valence-corrected chi connectivity index (χ2v) is 2.66. The van der Waals surface area contributed by atoms with Crippen LogP contribution in [0.4, 0.5) is 18.9 Å². The van der Waals surface area contributed by atoms with E-state index in [0.717, 1.165) is 6.07 Å². The number of rotatable bonds is 1. The van der Waals surface area contributed by atoms with E-state index in [1.165, 1.54) is 12.1 Å². The molecule has 0 spiro atoms. The molecule has 82 valence electrons. The molecule has 0 aliphatic rings. The van der Waals surface area contributed by atoms with Crippen LogP contribution in [0, 0.1) is 23.2 Å². The number of ether oxygens (including phenoxy) is 1. The van der Waals surface area contributed by atoms with Gasteiger partial charge in [-0.3, -0.25) is 0 Å². The summed E-state index contributed by atoms with van der Waals surface area (Å²) in [6.07, 6.45) is -4.81. The van der Waals surface area contributed by atoms with Gasteiger partial charge in [0, 0.05) is 11.5 Å². The summed E-state index contributed by atoms with van der Waals surface area (Å²) in [5.41, 5.74) is 5.35. The van der Waals surface area contributed by atoms with Crippen LogP contribution in [0.5, 0.6) is 5.75 Å². The van der Waals surface area contributed by atoms with Gasteiger partial charge in [-0.2, -0.15) is 5.26 Å². The topological polar surface area (TPSA) is 59.0 Å². The average Bonchev–Trinajstić information content (AvgIpc) is 2.17. The number of hydrogen-bond acceptors (Lipinski definition) is 3. The molecule has 2 N–H and O–H groups in total. The molecule has 0 saturated heterocycles. The number of hydrogen-bond donors (Lipinski definition) is 1. The van der Waals surface area contributed by atoms with E-state index in [2.05, 4.69) is 16.6 Å². The quantitative estimate of drug-likeness (QED) is 0.588. The first-order valence-electron chi connectivity index (χ1n) is 3.98. The molecule has 0 bridgehead atoms. The SMILES string of the molecule is N#CC#Cc1ccc(N)c(OC(F)(F)F)c1. The zero-order valence-electron chi connectivity index (χ0n) is 7.80. The third kappa shape index (κ3) is 3.43. The Labute approximate surface area is 89.2 Å². The minimum atomic E-state index is -4.81. The Balaban J connectivity index is 3.05. The highest BCUT2D eigenvalue weighted by Crippen LogP contribution is 2.28. The van der Waals surface area contributed by atoms with Gasteiger partial charge in [0.15, 0.2) is 11.8 Å². The lowest BCUT2D eigenvalue weighted by atomic mass is 10.2. The van der Waals surface area contributed by atoms with Crippen molar-refractivity contribution < 1.29 is 17.9 Å². The number of nitriles is 1. The normalized spacial score (nSPS) is 9.88. The molecule has 0 heterocycles. The van der Waals surface area contributed by atoms with Gasteiger partial charge in [0.2, 0.25) is 0 Å². The van der Waals surface area contributed by atoms with E-state index in [1.807, 2.05) is 0 Å². The van der Waals surface area contributed by atoms with E-state index in [9.17, 15) is 13.2 Å². The largest absolute Gasteiger partial charge is 0.573 e. The van der Waals surface area contributed by atoms with Gasteiger partial charge in [0.1, 0.15) is 0 Å². The minimum Gasteiger partial charge on any atom is -0.404 e. The standard InChI is InChI=1S/C10H5F3N2O/c11-10(12,13)16-9-6-7(2-1-5-14)3-4-8(9)15/h3-4,6H,15H2. The van der Waals surface area contributed by atoms with Gasteiger partial charge in [-0.25, -0.2) is 0 Å². The van der Waals surface area contributed by atoms with Gasteiger partial charge in [0.05, 0.1) is 5.69 Å². The van der Waals surface area contributed by atoms with Crippen molar-refractivity contribution in [3.8, 4) is 23.7 Å². The maximum absolute atomic E-state index is 11.9. The van der Waals surface area contributed by atoms with E-state index < -0.39 is 12.1 Å². The van der Waals surface area contributed by atoms with Gasteiger partial charge in [-0.05, 0) is 18.2 Å². The Morgan fingerprint density at radius 3 is 2.56 bits per heavy atom. The summed E-state index contributed by atoms with van der Waals surface area (Å²) in [5.74, 6) is 3.86. The maximum atomic E-state index is 11.9. The molecule has 1 aromatic carbocycles. The van der Waals surface area contributed by atoms with Gasteiger partial charge in [-0.1, -0.05) is 5.92 Å². The van der Waals surface area contributed by atoms with E-state index in [-0.39, 0.29) is 11.3 Å². The van der Waals surface area contributed by atoms with E-state index in [0.29, 0.717) is 0 Å². The van der Waals surface area contributed by atoms with Crippen LogP contribution < -0.4 is 10.5 Å². The average molecular weight is 226 g/mol. The molecule has 0 fully saturated rings.